The van der Waals surface area contributed by atoms with E-state index >= 15 is 0 Å². The fourth-order valence-corrected chi connectivity index (χ4v) is 6.34. The van der Waals surface area contributed by atoms with Crippen molar-refractivity contribution < 1.29 is 24.2 Å². The van der Waals surface area contributed by atoms with Crippen LogP contribution in [0.4, 0.5) is 4.79 Å². The number of rotatable bonds is 6. The maximum Gasteiger partial charge on any atom is 0.290 e. The molecule has 2 amide bonds. The van der Waals surface area contributed by atoms with E-state index in [-0.39, 0.29) is 22.7 Å². The zero-order chi connectivity index (χ0) is 26.5. The van der Waals surface area contributed by atoms with Crippen molar-refractivity contribution in [1.29, 1.82) is 0 Å². The maximum absolute atomic E-state index is 11.8. The summed E-state index contributed by atoms with van der Waals surface area (Å²) in [5.74, 6) is 1.88. The van der Waals surface area contributed by atoms with Crippen molar-refractivity contribution in [3.8, 4) is 17.2 Å². The molecule has 3 aliphatic rings. The first-order chi connectivity index (χ1) is 17.5. The van der Waals surface area contributed by atoms with Gasteiger partial charge in [0.1, 0.15) is 29.5 Å². The van der Waals surface area contributed by atoms with Gasteiger partial charge < -0.3 is 14.6 Å². The molecule has 8 heteroatoms. The Morgan fingerprint density at radius 3 is 2.57 bits per heavy atom. The minimum Gasteiger partial charge on any atom is -0.507 e. The quantitative estimate of drug-likeness (QED) is 0.489. The Morgan fingerprint density at radius 2 is 1.89 bits per heavy atom. The monoisotopic (exact) mass is 522 g/mol. The number of likely N-dealkylation sites (tertiary alicyclic amines) is 1. The lowest BCUT2D eigenvalue weighted by atomic mass is 9.82. The number of hydrogen-bond acceptors (Lipinski definition) is 7. The fraction of sp³-hybridized carbons (Fsp3) is 0.448. The second kappa shape index (κ2) is 9.72. The molecular formula is C29H34N2O5S. The van der Waals surface area contributed by atoms with E-state index < -0.39 is 0 Å². The number of imide groups is 1. The van der Waals surface area contributed by atoms with Crippen molar-refractivity contribution in [2.24, 2.45) is 0 Å². The van der Waals surface area contributed by atoms with E-state index in [0.29, 0.717) is 23.3 Å². The number of aromatic hydroxyl groups is 1. The first kappa shape index (κ1) is 25.7. The first-order valence-corrected chi connectivity index (χ1v) is 13.6. The van der Waals surface area contributed by atoms with Crippen LogP contribution in [0.15, 0.2) is 29.2 Å². The molecule has 0 aromatic heterocycles. The fourth-order valence-electron chi connectivity index (χ4n) is 5.66. The van der Waals surface area contributed by atoms with Crippen LogP contribution >= 0.6 is 11.8 Å². The predicted octanol–water partition coefficient (Wildman–Crippen LogP) is 5.44. The van der Waals surface area contributed by atoms with E-state index in [1.807, 2.05) is 45.0 Å². The maximum atomic E-state index is 11.8. The molecule has 0 aliphatic carbocycles. The van der Waals surface area contributed by atoms with Crippen LogP contribution in [0.25, 0.3) is 6.08 Å². The van der Waals surface area contributed by atoms with Crippen LogP contribution in [0.2, 0.25) is 0 Å². The van der Waals surface area contributed by atoms with E-state index in [1.165, 1.54) is 0 Å². The topological polar surface area (TPSA) is 88.1 Å². The minimum atomic E-state index is -0.366. The SMILES string of the molecule is Cc1c(C)c2c(c(C)c1O)C(CN1CCC[C@@H]1COc1ccc(C=C3SC(=O)NC3=O)cc1)C(C)(C)O2. The average molecular weight is 523 g/mol. The van der Waals surface area contributed by atoms with Crippen LogP contribution in [-0.2, 0) is 4.79 Å². The number of phenols is 1. The van der Waals surface area contributed by atoms with Gasteiger partial charge in [0.25, 0.3) is 11.1 Å². The Hall–Kier alpha value is -2.97. The van der Waals surface area contributed by atoms with Crippen LogP contribution in [0.5, 0.6) is 17.2 Å². The zero-order valence-electron chi connectivity index (χ0n) is 22.0. The van der Waals surface area contributed by atoms with E-state index in [2.05, 4.69) is 24.1 Å². The summed E-state index contributed by atoms with van der Waals surface area (Å²) >= 11 is 0.913. The summed E-state index contributed by atoms with van der Waals surface area (Å²) in [5.41, 5.74) is 4.45. The van der Waals surface area contributed by atoms with Crippen molar-refractivity contribution in [3.63, 3.8) is 0 Å². The number of nitrogens with zero attached hydrogens (tertiary/aromatic N) is 1. The standard InChI is InChI=1S/C29H34N2O5S/c1-16-17(2)26-24(18(3)25(16)32)22(29(4,5)36-26)14-31-12-6-7-20(31)15-35-21-10-8-19(9-11-21)13-23-27(33)30-28(34)37-23/h8-11,13,20,22,32H,6-7,12,14-15H2,1-5H3,(H,30,33,34)/t20-,22?/m1/s1. The Kier molecular flexibility index (Phi) is 6.75. The number of carbonyl (C=O) groups excluding carboxylic acids is 2. The van der Waals surface area contributed by atoms with Crippen molar-refractivity contribution in [2.45, 2.75) is 65.0 Å². The summed E-state index contributed by atoms with van der Waals surface area (Å²) < 4.78 is 12.7. The molecule has 7 nitrogen and oxygen atoms in total. The molecule has 2 N–H and O–H groups in total. The normalized spacial score (nSPS) is 23.9. The molecule has 2 atom stereocenters. The molecule has 0 radical (unpaired) electrons. The van der Waals surface area contributed by atoms with Crippen LogP contribution in [0, 0.1) is 20.8 Å². The molecular weight excluding hydrogens is 488 g/mol. The summed E-state index contributed by atoms with van der Waals surface area (Å²) in [5, 5.41) is 12.7. The third kappa shape index (κ3) is 4.84. The third-order valence-electron chi connectivity index (χ3n) is 7.99. The summed E-state index contributed by atoms with van der Waals surface area (Å²) in [4.78, 5) is 26.0. The number of ether oxygens (including phenoxy) is 2. The average Bonchev–Trinajstić information content (AvgIpc) is 3.51. The van der Waals surface area contributed by atoms with Gasteiger partial charge in [-0.25, -0.2) is 0 Å². The van der Waals surface area contributed by atoms with E-state index in [1.54, 1.807) is 6.08 Å². The van der Waals surface area contributed by atoms with Gasteiger partial charge >= 0.3 is 0 Å². The van der Waals surface area contributed by atoms with Gasteiger partial charge in [-0.2, -0.15) is 0 Å². The molecule has 0 spiro atoms. The number of hydrogen-bond donors (Lipinski definition) is 2. The van der Waals surface area contributed by atoms with Crippen molar-refractivity contribution >= 4 is 29.0 Å². The van der Waals surface area contributed by atoms with E-state index in [9.17, 15) is 14.7 Å². The molecule has 3 heterocycles. The van der Waals surface area contributed by atoms with Gasteiger partial charge in [0.15, 0.2) is 0 Å². The Labute approximate surface area is 222 Å². The number of carbonyl (C=O) groups is 2. The minimum absolute atomic E-state index is 0.151. The molecule has 0 saturated carbocycles. The highest BCUT2D eigenvalue weighted by Gasteiger charge is 2.45. The highest BCUT2D eigenvalue weighted by Crippen LogP contribution is 2.52. The second-order valence-corrected chi connectivity index (χ2v) is 11.8. The van der Waals surface area contributed by atoms with Gasteiger partial charge in [-0.3, -0.25) is 19.8 Å². The predicted molar refractivity (Wildman–Crippen MR) is 145 cm³/mol. The Balaban J connectivity index is 1.26. The number of thioether (sulfide) groups is 1. The van der Waals surface area contributed by atoms with Crippen molar-refractivity contribution in [3.05, 3.63) is 57.0 Å². The molecule has 1 unspecified atom stereocenters. The highest BCUT2D eigenvalue weighted by molar-refractivity contribution is 8.18. The van der Waals surface area contributed by atoms with Crippen molar-refractivity contribution in [1.82, 2.24) is 10.2 Å². The second-order valence-electron chi connectivity index (χ2n) is 10.7. The van der Waals surface area contributed by atoms with Gasteiger partial charge in [0, 0.05) is 24.1 Å². The lowest BCUT2D eigenvalue weighted by molar-refractivity contribution is -0.115. The summed E-state index contributed by atoms with van der Waals surface area (Å²) in [6, 6.07) is 7.87. The molecule has 2 fully saturated rings. The summed E-state index contributed by atoms with van der Waals surface area (Å²) in [6.45, 7) is 12.7. The van der Waals surface area contributed by atoms with Crippen molar-refractivity contribution in [2.75, 3.05) is 19.7 Å². The van der Waals surface area contributed by atoms with Gasteiger partial charge in [-0.15, -0.1) is 0 Å². The first-order valence-electron chi connectivity index (χ1n) is 12.8. The largest absolute Gasteiger partial charge is 0.507 e. The zero-order valence-corrected chi connectivity index (χ0v) is 22.8. The number of nitrogens with one attached hydrogen (secondary N) is 1. The van der Waals surface area contributed by atoms with Crippen LogP contribution < -0.4 is 14.8 Å². The molecule has 2 aromatic carbocycles. The Bertz CT molecular complexity index is 1280. The van der Waals surface area contributed by atoms with Gasteiger partial charge in [0.2, 0.25) is 0 Å². The smallest absolute Gasteiger partial charge is 0.290 e. The molecule has 3 aliphatic heterocycles. The van der Waals surface area contributed by atoms with Crippen LogP contribution in [0.3, 0.4) is 0 Å². The highest BCUT2D eigenvalue weighted by atomic mass is 32.2. The Morgan fingerprint density at radius 1 is 1.16 bits per heavy atom. The van der Waals surface area contributed by atoms with Crippen LogP contribution in [-0.4, -0.2) is 52.5 Å². The molecule has 2 saturated heterocycles. The van der Waals surface area contributed by atoms with Crippen LogP contribution in [0.1, 0.15) is 60.4 Å². The third-order valence-corrected chi connectivity index (χ3v) is 8.80. The van der Waals surface area contributed by atoms with Gasteiger partial charge in [-0.05, 0) is 106 Å². The lowest BCUT2D eigenvalue weighted by Crippen LogP contribution is -2.42. The molecule has 196 valence electrons. The molecule has 37 heavy (non-hydrogen) atoms. The molecule has 5 rings (SSSR count). The van der Waals surface area contributed by atoms with Gasteiger partial charge in [-0.1, -0.05) is 12.1 Å². The van der Waals surface area contributed by atoms with E-state index in [0.717, 1.165) is 77.0 Å². The summed E-state index contributed by atoms with van der Waals surface area (Å²) in [7, 11) is 0. The lowest BCUT2D eigenvalue weighted by Gasteiger charge is -2.33. The number of phenolic OH excluding ortho intramolecular Hbond substituents is 1. The number of amides is 2. The van der Waals surface area contributed by atoms with E-state index in [4.69, 9.17) is 9.47 Å². The van der Waals surface area contributed by atoms with Gasteiger partial charge in [0.05, 0.1) is 4.91 Å². The number of benzene rings is 2. The number of fused-ring (bicyclic) bond motifs is 1. The molecule has 2 aromatic rings. The molecule has 0 bridgehead atoms. The summed E-state index contributed by atoms with van der Waals surface area (Å²) in [6.07, 6.45) is 3.90.